The molecule has 0 spiro atoms. The van der Waals surface area contributed by atoms with Gasteiger partial charge in [-0.1, -0.05) is 50.2 Å². The zero-order chi connectivity index (χ0) is 92.8. The molecule has 49 nitrogen and oxygen atoms in total. The lowest BCUT2D eigenvalue weighted by Crippen LogP contribution is -2.36. The van der Waals surface area contributed by atoms with Crippen LogP contribution in [0, 0.1) is 11.8 Å². The van der Waals surface area contributed by atoms with E-state index in [1.165, 1.54) is 63.5 Å². The van der Waals surface area contributed by atoms with Crippen molar-refractivity contribution in [1.29, 1.82) is 0 Å². The Kier molecular flexibility index (Phi) is 33.0. The number of nitrogens with one attached hydrogen (secondary N) is 2. The van der Waals surface area contributed by atoms with Crippen LogP contribution in [0.3, 0.4) is 0 Å². The molecule has 52 heteroatoms. The first-order valence-corrected chi connectivity index (χ1v) is 43.3. The van der Waals surface area contributed by atoms with Crippen LogP contribution in [0.25, 0.3) is 33.5 Å². The molecule has 13 heterocycles. The fourth-order valence-corrected chi connectivity index (χ4v) is 17.7. The number of rotatable bonds is 28. The number of ether oxygens (including phenoxy) is 9. The lowest BCUT2D eigenvalue weighted by atomic mass is 10.1. The van der Waals surface area contributed by atoms with Gasteiger partial charge in [0.2, 0.25) is 5.95 Å². The average molecular weight is 1840 g/mol. The maximum absolute atomic E-state index is 14.8. The maximum atomic E-state index is 14.8. The van der Waals surface area contributed by atoms with Crippen molar-refractivity contribution in [1.82, 2.24) is 77.7 Å². The van der Waals surface area contributed by atoms with Crippen molar-refractivity contribution in [2.45, 2.75) is 177 Å². The number of aliphatic hydroxyl groups is 8. The van der Waals surface area contributed by atoms with Crippen LogP contribution in [-0.4, -0.2) is 282 Å². The van der Waals surface area contributed by atoms with E-state index in [0.717, 1.165) is 27.5 Å². The number of esters is 2. The standard InChI is InChI=1S/C22H28FN2O9P.C22H29N2O9P.C11H16N6O4.C11H15N5O4.C10H13N5O3/c1-13(2)32-21(28)14(3)12-35(30,34-15-7-5-4-6-8-15)31-11-16-18(23)19(27)20(33-16)25-10-9-17(26)24-22(25)29;1-14(2)31-21(27)15(3)13-34(29,33-16-7-5-4-6-8-16)30-12-17-11-18(25)20(32-17)24-10-9-19(26)23-22(24)28;1-20-7-4(2-18)21-10(6(7)19)17-3-14-5-8(12)15-11(13)16-9(5)17;1-19-8-5(2-17)20-11(7(8)18)16-4-15-6-9(12)13-3-14-10(6)16;11-8-7-9(13-3-12-8)15(4-14-7)10-6(17)1-5(2-16)18-10/h4-10,13-14,16,18-20,27H,11-12H2,1-3H3,(H,24,26,29);4-10,14-15,17-18,20,25H,11-13H2,1-3H3,(H,23,26,28);3-4,6-7,10,18-19H,2H2,1H3,(H4,12,13,15,16);3-5,7-8,11,17-18H,2H2,1H3,(H2,12,13,14);3-6,10,16-17H,1-2H2,(H2,11,12,13)/t14-,16-,18+,19?,20-,35?;15-,17+,18?,20-,34?;4-,6?,7+,10-;5-,7?,8+,11-;5-,6?,10+/m11110/s1. The third-order valence-electron chi connectivity index (χ3n) is 20.0. The van der Waals surface area contributed by atoms with E-state index in [1.807, 2.05) is 4.98 Å². The highest BCUT2D eigenvalue weighted by molar-refractivity contribution is 7.54. The quantitative estimate of drug-likeness (QED) is 0.0228. The Morgan fingerprint density at radius 2 is 0.891 bits per heavy atom. The van der Waals surface area contributed by atoms with E-state index < -0.39 is 173 Å². The van der Waals surface area contributed by atoms with Crippen LogP contribution in [0.2, 0.25) is 0 Å². The number of aliphatic hydroxyl groups excluding tert-OH is 8. The Morgan fingerprint density at radius 1 is 0.492 bits per heavy atom. The summed E-state index contributed by atoms with van der Waals surface area (Å²) in [5, 5.41) is 78.8. The first-order valence-electron chi connectivity index (χ1n) is 39.8. The van der Waals surface area contributed by atoms with E-state index in [0.29, 0.717) is 45.7 Å². The average Bonchev–Trinajstić information content (AvgIpc) is 1.62. The molecule has 5 aliphatic heterocycles. The highest BCUT2D eigenvalue weighted by atomic mass is 31.2. The molecular weight excluding hydrogens is 1740 g/mol. The number of nitrogen functional groups attached to an aromatic ring is 4. The largest absolute Gasteiger partial charge is 0.463 e. The number of nitrogens with two attached hydrogens (primary N) is 4. The van der Waals surface area contributed by atoms with E-state index in [1.54, 1.807) is 104 Å². The number of fused-ring (bicyclic) bond motifs is 3. The number of halogens is 1. The third-order valence-corrected chi connectivity index (χ3v) is 24.1. The number of para-hydroxylation sites is 2. The normalized spacial score (nSPS) is 26.2. The molecule has 15 rings (SSSR count). The van der Waals surface area contributed by atoms with Gasteiger partial charge in [0.1, 0.15) is 102 Å². The fraction of sp³-hybridized carbons (Fsp3) is 0.513. The Morgan fingerprint density at radius 3 is 1.31 bits per heavy atom. The molecule has 5 fully saturated rings. The topological polar surface area (TPSA) is 695 Å². The monoisotopic (exact) mass is 1840 g/mol. The van der Waals surface area contributed by atoms with Crippen molar-refractivity contribution >= 4 is 84.0 Å². The number of H-pyrrole nitrogens is 2. The van der Waals surface area contributed by atoms with E-state index in [-0.39, 0.29) is 92.6 Å². The van der Waals surface area contributed by atoms with Crippen LogP contribution in [-0.2, 0) is 70.4 Å². The molecule has 8 aromatic heterocycles. The number of nitrogens with zero attached hydrogens (tertiary/aromatic N) is 14. The third kappa shape index (κ3) is 23.5. The number of carbonyl (C=O) groups excluding carboxylic acids is 2. The number of carbonyl (C=O) groups is 2. The Balaban J connectivity index is 0.000000159. The molecule has 0 amide bonds. The second kappa shape index (κ2) is 43.3. The van der Waals surface area contributed by atoms with Crippen LogP contribution in [0.1, 0.15) is 85.5 Å². The van der Waals surface area contributed by atoms with Gasteiger partial charge < -0.3 is 115 Å². The summed E-state index contributed by atoms with van der Waals surface area (Å²) < 4.78 is 120. The molecule has 0 saturated carbocycles. The number of aromatic amines is 2. The SMILES string of the molecule is CC(C)OC(=O)[C@H](C)CP(=O)(OC[C@@H]1CC(O)[C@H](n2ccc(=O)[nH]c2=O)O1)Oc1ccccc1.CC(C)OC(=O)[C@H](C)CP(=O)(OC[C@H]1O[C@@H](n2ccc(=O)[nH]c2=O)C(O)[C@H]1F)Oc1ccccc1.CO[C@@H]1C(O)[C@H](n2cnc3c(N)nc(N)nc32)O[C@@H]1CO.CO[C@@H]1C(O)[C@H](n2cnc3c(N)ncnc32)O[C@@H]1CO.Nc1ncnc2c1ncn2[C@@H]1O[C@H](CO)CC1O. The molecule has 7 unspecified atom stereocenters. The molecule has 128 heavy (non-hydrogen) atoms. The second-order valence-electron chi connectivity index (χ2n) is 30.2. The number of methoxy groups -OCH3 is 2. The summed E-state index contributed by atoms with van der Waals surface area (Å²) in [7, 11) is -5.01. The fourth-order valence-electron chi connectivity index (χ4n) is 14.0. The number of aromatic nitrogens is 16. The number of alkyl halides is 1. The van der Waals surface area contributed by atoms with Crippen LogP contribution < -0.4 is 54.5 Å². The minimum absolute atomic E-state index is 0.00348. The van der Waals surface area contributed by atoms with E-state index in [2.05, 4.69) is 49.8 Å². The lowest BCUT2D eigenvalue weighted by Gasteiger charge is -2.24. The smallest absolute Gasteiger partial charge is 0.380 e. The summed E-state index contributed by atoms with van der Waals surface area (Å²) in [5.74, 6) is -1.57. The molecule has 0 radical (unpaired) electrons. The first kappa shape index (κ1) is 97.5. The summed E-state index contributed by atoms with van der Waals surface area (Å²) in [6.07, 6.45) is -8.72. The minimum Gasteiger partial charge on any atom is -0.463 e. The van der Waals surface area contributed by atoms with Gasteiger partial charge in [-0.2, -0.15) is 9.97 Å². The lowest BCUT2D eigenvalue weighted by molar-refractivity contribution is -0.152. The van der Waals surface area contributed by atoms with E-state index >= 15 is 0 Å². The van der Waals surface area contributed by atoms with Gasteiger partial charge in [0, 0.05) is 51.6 Å². The highest BCUT2D eigenvalue weighted by Crippen LogP contribution is 2.53. The Bertz CT molecular complexity index is 5720. The summed E-state index contributed by atoms with van der Waals surface area (Å²) in [5.41, 5.74) is 22.4. The number of imidazole rings is 3. The summed E-state index contributed by atoms with van der Waals surface area (Å²) >= 11 is 0. The first-order chi connectivity index (χ1) is 61.0. The molecule has 22 atom stereocenters. The molecule has 5 aliphatic rings. The van der Waals surface area contributed by atoms with Gasteiger partial charge in [-0.25, -0.2) is 58.0 Å². The molecule has 0 bridgehead atoms. The van der Waals surface area contributed by atoms with Gasteiger partial charge in [-0.05, 0) is 52.0 Å². The molecule has 10 aromatic rings. The van der Waals surface area contributed by atoms with Gasteiger partial charge in [-0.15, -0.1) is 0 Å². The van der Waals surface area contributed by atoms with Crippen LogP contribution in [0.15, 0.2) is 136 Å². The van der Waals surface area contributed by atoms with Crippen LogP contribution in [0.4, 0.5) is 27.8 Å². The zero-order valence-electron chi connectivity index (χ0n) is 70.0. The number of anilines is 4. The summed E-state index contributed by atoms with van der Waals surface area (Å²) in [6.45, 7) is 8.37. The zero-order valence-corrected chi connectivity index (χ0v) is 71.8. The van der Waals surface area contributed by atoms with Crippen LogP contribution >= 0.6 is 15.2 Å². The van der Waals surface area contributed by atoms with Crippen molar-refractivity contribution in [3.05, 3.63) is 159 Å². The molecule has 18 N–H and O–H groups in total. The predicted molar refractivity (Wildman–Crippen MR) is 445 cm³/mol. The van der Waals surface area contributed by atoms with Gasteiger partial charge in [-0.3, -0.25) is 61.0 Å². The second-order valence-corrected chi connectivity index (χ2v) is 34.3. The van der Waals surface area contributed by atoms with Gasteiger partial charge in [0.25, 0.3) is 11.1 Å². The van der Waals surface area contributed by atoms with E-state index in [4.69, 9.17) is 88.8 Å². The van der Waals surface area contributed by atoms with Gasteiger partial charge >= 0.3 is 38.5 Å². The predicted octanol–water partition coefficient (Wildman–Crippen LogP) is 0.0504. The molecular formula is C76H101FN20O29P2. The Hall–Kier alpha value is -11.1. The molecule has 696 valence electrons. The number of hydrogen-bond acceptors (Lipinski definition) is 42. The molecule has 5 saturated heterocycles. The van der Waals surface area contributed by atoms with E-state index in [9.17, 15) is 78.0 Å². The van der Waals surface area contributed by atoms with Crippen molar-refractivity contribution in [3.8, 4) is 11.5 Å². The maximum Gasteiger partial charge on any atom is 0.380 e. The summed E-state index contributed by atoms with van der Waals surface area (Å²) in [4.78, 5) is 111. The van der Waals surface area contributed by atoms with Crippen molar-refractivity contribution in [2.24, 2.45) is 11.8 Å². The summed E-state index contributed by atoms with van der Waals surface area (Å²) in [6, 6.07) is 18.7. The molecule has 2 aromatic carbocycles. The van der Waals surface area contributed by atoms with Crippen LogP contribution in [0.5, 0.6) is 11.5 Å². The van der Waals surface area contributed by atoms with Gasteiger partial charge in [0.15, 0.2) is 71.7 Å². The highest BCUT2D eigenvalue weighted by Gasteiger charge is 2.50. The van der Waals surface area contributed by atoms with Gasteiger partial charge in [0.05, 0.1) is 101 Å². The number of hydrogen-bond donors (Lipinski definition) is 14. The Labute approximate surface area is 725 Å². The minimum atomic E-state index is -4.05. The van der Waals surface area contributed by atoms with Crippen molar-refractivity contribution in [3.63, 3.8) is 0 Å². The molecule has 0 aliphatic carbocycles. The van der Waals surface area contributed by atoms with Crippen molar-refractivity contribution < 1.29 is 125 Å². The van der Waals surface area contributed by atoms with Crippen molar-refractivity contribution in [2.75, 3.05) is 82.5 Å². The number of benzene rings is 2.